The Bertz CT molecular complexity index is 165. The molecule has 0 aromatic heterocycles. The Morgan fingerprint density at radius 3 is 2.91 bits per heavy atom. The minimum absolute atomic E-state index is 0.0741. The van der Waals surface area contributed by atoms with Gasteiger partial charge in [-0.25, -0.2) is 0 Å². The fourth-order valence-corrected chi connectivity index (χ4v) is 1.55. The second kappa shape index (κ2) is 3.56. The summed E-state index contributed by atoms with van der Waals surface area (Å²) in [5, 5.41) is 0. The van der Waals surface area contributed by atoms with Crippen molar-refractivity contribution in [3.63, 3.8) is 0 Å². The molecule has 2 nitrogen and oxygen atoms in total. The number of nitrogens with zero attached hydrogens (tertiary/aromatic N) is 1. The Kier molecular flexibility index (Phi) is 2.69. The molecule has 0 saturated carbocycles. The van der Waals surface area contributed by atoms with Gasteiger partial charge in [-0.2, -0.15) is 0 Å². The van der Waals surface area contributed by atoms with Gasteiger partial charge in [0.2, 0.25) is 0 Å². The van der Waals surface area contributed by atoms with Crippen LogP contribution < -0.4 is 0 Å². The molecule has 1 saturated heterocycles. The fourth-order valence-electron chi connectivity index (χ4n) is 1.55. The second-order valence-corrected chi connectivity index (χ2v) is 2.97. The Labute approximate surface area is 67.9 Å². The van der Waals surface area contributed by atoms with Gasteiger partial charge in [-0.3, -0.25) is 0 Å². The quantitative estimate of drug-likeness (QED) is 0.574. The molecule has 62 valence electrons. The van der Waals surface area contributed by atoms with E-state index in [-0.39, 0.29) is 6.04 Å². The lowest BCUT2D eigenvalue weighted by atomic mass is 10.2. The summed E-state index contributed by atoms with van der Waals surface area (Å²) in [7, 11) is 0. The number of likely N-dealkylation sites (tertiary alicyclic amines) is 1. The van der Waals surface area contributed by atoms with Gasteiger partial charge in [-0.1, -0.05) is 13.5 Å². The standard InChI is InChI=1S/C9H15NO/c1-3-9(7-11)10-6-4-5-8(10)2/h7,9H,2-6H2,1H3. The molecule has 2 heteroatoms. The Morgan fingerprint density at radius 2 is 2.55 bits per heavy atom. The Hall–Kier alpha value is -0.790. The van der Waals surface area contributed by atoms with Gasteiger partial charge in [0.05, 0.1) is 6.04 Å². The van der Waals surface area contributed by atoms with Crippen molar-refractivity contribution in [1.29, 1.82) is 0 Å². The van der Waals surface area contributed by atoms with Crippen LogP contribution in [0.3, 0.4) is 0 Å². The molecule has 1 aliphatic heterocycles. The molecule has 0 aromatic carbocycles. The Balaban J connectivity index is 2.56. The van der Waals surface area contributed by atoms with Crippen LogP contribution in [0.4, 0.5) is 0 Å². The normalized spacial score (nSPS) is 20.5. The highest BCUT2D eigenvalue weighted by Gasteiger charge is 2.21. The topological polar surface area (TPSA) is 20.3 Å². The molecule has 0 N–H and O–H groups in total. The minimum Gasteiger partial charge on any atom is -0.366 e. The molecule has 11 heavy (non-hydrogen) atoms. The highest BCUT2D eigenvalue weighted by atomic mass is 16.1. The van der Waals surface area contributed by atoms with Crippen LogP contribution in [0, 0.1) is 0 Å². The molecular weight excluding hydrogens is 138 g/mol. The monoisotopic (exact) mass is 153 g/mol. The summed E-state index contributed by atoms with van der Waals surface area (Å²) in [6.07, 6.45) is 4.13. The zero-order chi connectivity index (χ0) is 8.27. The maximum absolute atomic E-state index is 10.6. The summed E-state index contributed by atoms with van der Waals surface area (Å²) >= 11 is 0. The van der Waals surface area contributed by atoms with Crippen molar-refractivity contribution in [3.8, 4) is 0 Å². The molecule has 0 aromatic rings. The molecule has 0 spiro atoms. The summed E-state index contributed by atoms with van der Waals surface area (Å²) < 4.78 is 0. The van der Waals surface area contributed by atoms with E-state index in [9.17, 15) is 4.79 Å². The number of rotatable bonds is 3. The van der Waals surface area contributed by atoms with Gasteiger partial charge in [0.1, 0.15) is 6.29 Å². The van der Waals surface area contributed by atoms with E-state index in [1.54, 1.807) is 0 Å². The van der Waals surface area contributed by atoms with Gasteiger partial charge in [0, 0.05) is 12.2 Å². The van der Waals surface area contributed by atoms with Gasteiger partial charge >= 0.3 is 0 Å². The van der Waals surface area contributed by atoms with Crippen LogP contribution in [0.15, 0.2) is 12.3 Å². The fraction of sp³-hybridized carbons (Fsp3) is 0.667. The van der Waals surface area contributed by atoms with Crippen LogP contribution in [-0.2, 0) is 4.79 Å². The maximum Gasteiger partial charge on any atom is 0.142 e. The third-order valence-corrected chi connectivity index (χ3v) is 2.25. The van der Waals surface area contributed by atoms with E-state index < -0.39 is 0 Å². The molecular formula is C9H15NO. The molecule has 1 aliphatic rings. The van der Waals surface area contributed by atoms with Gasteiger partial charge < -0.3 is 9.69 Å². The van der Waals surface area contributed by atoms with Gasteiger partial charge in [-0.05, 0) is 19.3 Å². The first-order valence-corrected chi connectivity index (χ1v) is 4.19. The largest absolute Gasteiger partial charge is 0.366 e. The number of hydrogen-bond donors (Lipinski definition) is 0. The molecule has 1 fully saturated rings. The maximum atomic E-state index is 10.6. The summed E-state index contributed by atoms with van der Waals surface area (Å²) in [6, 6.07) is 0.0741. The first kappa shape index (κ1) is 8.31. The van der Waals surface area contributed by atoms with Crippen molar-refractivity contribution in [2.24, 2.45) is 0 Å². The number of carbonyl (C=O) groups is 1. The van der Waals surface area contributed by atoms with Crippen LogP contribution in [0.5, 0.6) is 0 Å². The van der Waals surface area contributed by atoms with Gasteiger partial charge in [0.15, 0.2) is 0 Å². The minimum atomic E-state index is 0.0741. The molecule has 0 radical (unpaired) electrons. The van der Waals surface area contributed by atoms with Crippen LogP contribution in [0.1, 0.15) is 26.2 Å². The average molecular weight is 153 g/mol. The average Bonchev–Trinajstić information content (AvgIpc) is 2.40. The molecule has 0 bridgehead atoms. The van der Waals surface area contributed by atoms with Crippen LogP contribution in [0.2, 0.25) is 0 Å². The molecule has 1 heterocycles. The van der Waals surface area contributed by atoms with Gasteiger partial charge in [-0.15, -0.1) is 0 Å². The molecule has 0 amide bonds. The second-order valence-electron chi connectivity index (χ2n) is 2.97. The summed E-state index contributed by atoms with van der Waals surface area (Å²) in [5.41, 5.74) is 1.13. The molecule has 0 aliphatic carbocycles. The lowest BCUT2D eigenvalue weighted by Crippen LogP contribution is -2.31. The zero-order valence-corrected chi connectivity index (χ0v) is 7.05. The third-order valence-electron chi connectivity index (χ3n) is 2.25. The van der Waals surface area contributed by atoms with Crippen molar-refractivity contribution >= 4 is 6.29 Å². The number of hydrogen-bond acceptors (Lipinski definition) is 2. The van der Waals surface area contributed by atoms with E-state index in [0.29, 0.717) is 0 Å². The predicted molar refractivity (Wildman–Crippen MR) is 45.2 cm³/mol. The van der Waals surface area contributed by atoms with E-state index >= 15 is 0 Å². The van der Waals surface area contributed by atoms with Crippen molar-refractivity contribution in [2.75, 3.05) is 6.54 Å². The highest BCUT2D eigenvalue weighted by Crippen LogP contribution is 2.21. The van der Waals surface area contributed by atoms with E-state index in [2.05, 4.69) is 11.5 Å². The highest BCUT2D eigenvalue weighted by molar-refractivity contribution is 5.58. The van der Waals surface area contributed by atoms with E-state index in [0.717, 1.165) is 37.8 Å². The van der Waals surface area contributed by atoms with Crippen LogP contribution in [-0.4, -0.2) is 23.8 Å². The summed E-state index contributed by atoms with van der Waals surface area (Å²) in [5.74, 6) is 0. The first-order valence-electron chi connectivity index (χ1n) is 4.19. The lowest BCUT2D eigenvalue weighted by molar-refractivity contribution is -0.111. The molecule has 1 atom stereocenters. The number of aldehydes is 1. The van der Waals surface area contributed by atoms with Crippen molar-refractivity contribution in [2.45, 2.75) is 32.2 Å². The van der Waals surface area contributed by atoms with Crippen molar-refractivity contribution in [1.82, 2.24) is 4.90 Å². The van der Waals surface area contributed by atoms with Gasteiger partial charge in [0.25, 0.3) is 0 Å². The van der Waals surface area contributed by atoms with E-state index in [1.807, 2.05) is 6.92 Å². The number of carbonyl (C=O) groups excluding carboxylic acids is 1. The van der Waals surface area contributed by atoms with E-state index in [1.165, 1.54) is 0 Å². The molecule has 1 rings (SSSR count). The van der Waals surface area contributed by atoms with Crippen LogP contribution in [0.25, 0.3) is 0 Å². The number of allylic oxidation sites excluding steroid dienone is 1. The van der Waals surface area contributed by atoms with Crippen molar-refractivity contribution < 1.29 is 4.79 Å². The van der Waals surface area contributed by atoms with Crippen molar-refractivity contribution in [3.05, 3.63) is 12.3 Å². The third kappa shape index (κ3) is 1.62. The first-order chi connectivity index (χ1) is 5.29. The SMILES string of the molecule is C=C1CCCN1C(C=O)CC. The Morgan fingerprint density at radius 1 is 1.82 bits per heavy atom. The zero-order valence-electron chi connectivity index (χ0n) is 7.05. The lowest BCUT2D eigenvalue weighted by Gasteiger charge is -2.24. The smallest absolute Gasteiger partial charge is 0.142 e. The summed E-state index contributed by atoms with van der Waals surface area (Å²) in [6.45, 7) is 6.96. The summed E-state index contributed by atoms with van der Waals surface area (Å²) in [4.78, 5) is 12.7. The molecule has 1 unspecified atom stereocenters. The van der Waals surface area contributed by atoms with Crippen LogP contribution >= 0.6 is 0 Å². The predicted octanol–water partition coefficient (Wildman–Crippen LogP) is 1.57. The van der Waals surface area contributed by atoms with E-state index in [4.69, 9.17) is 0 Å².